The number of aliphatic hydroxyl groups excluding tert-OH is 1. The molecule has 38 heavy (non-hydrogen) atoms. The summed E-state index contributed by atoms with van der Waals surface area (Å²) >= 11 is 0. The maximum absolute atomic E-state index is 13.7. The number of amides is 1. The van der Waals surface area contributed by atoms with E-state index in [4.69, 9.17) is 4.74 Å². The summed E-state index contributed by atoms with van der Waals surface area (Å²) in [5, 5.41) is 11.7. The van der Waals surface area contributed by atoms with Crippen LogP contribution in [-0.4, -0.2) is 22.9 Å². The van der Waals surface area contributed by atoms with Crippen LogP contribution in [0.2, 0.25) is 0 Å². The molecule has 4 rings (SSSR count). The van der Waals surface area contributed by atoms with E-state index in [2.05, 4.69) is 20.8 Å². The molecule has 3 aromatic rings. The molecular formula is C33H37NO4. The summed E-state index contributed by atoms with van der Waals surface area (Å²) in [5.41, 5.74) is 5.58. The number of carbonyl (C=O) groups is 2. The van der Waals surface area contributed by atoms with Crippen molar-refractivity contribution in [2.45, 2.75) is 73.0 Å². The van der Waals surface area contributed by atoms with Crippen LogP contribution in [0, 0.1) is 20.8 Å². The van der Waals surface area contributed by atoms with Crippen LogP contribution in [0.1, 0.15) is 74.0 Å². The maximum atomic E-state index is 13.7. The standard InChI is InChI=1S/C33H37NO4/c1-19(2)38-26-11-9-10-23(17-26)29-28(30(35)27-18-24(33(6,7)8)13-12-22(27)5)31(36)32(37)34(29)25-15-20(3)14-21(4)16-25/h9-19,29,35H,1-8H3/b30-28+. The van der Waals surface area contributed by atoms with E-state index in [0.29, 0.717) is 22.6 Å². The summed E-state index contributed by atoms with van der Waals surface area (Å²) in [7, 11) is 0. The number of rotatable bonds is 5. The lowest BCUT2D eigenvalue weighted by atomic mass is 9.84. The first-order chi connectivity index (χ1) is 17.8. The van der Waals surface area contributed by atoms with Crippen molar-refractivity contribution < 1.29 is 19.4 Å². The first-order valence-electron chi connectivity index (χ1n) is 13.1. The average Bonchev–Trinajstić information content (AvgIpc) is 3.08. The largest absolute Gasteiger partial charge is 0.507 e. The molecule has 1 fully saturated rings. The number of hydrogen-bond donors (Lipinski definition) is 1. The van der Waals surface area contributed by atoms with Crippen LogP contribution < -0.4 is 9.64 Å². The minimum absolute atomic E-state index is 0.0428. The second-order valence-corrected chi connectivity index (χ2v) is 11.5. The van der Waals surface area contributed by atoms with Gasteiger partial charge in [0.25, 0.3) is 11.7 Å². The summed E-state index contributed by atoms with van der Waals surface area (Å²) in [6.07, 6.45) is -0.0428. The fourth-order valence-electron chi connectivity index (χ4n) is 5.02. The Bertz CT molecular complexity index is 1420. The third-order valence-corrected chi connectivity index (χ3v) is 6.83. The number of hydrogen-bond acceptors (Lipinski definition) is 4. The van der Waals surface area contributed by atoms with Crippen LogP contribution in [-0.2, 0) is 15.0 Å². The topological polar surface area (TPSA) is 66.8 Å². The predicted octanol–water partition coefficient (Wildman–Crippen LogP) is 7.32. The third kappa shape index (κ3) is 5.24. The van der Waals surface area contributed by atoms with E-state index in [9.17, 15) is 14.7 Å². The molecule has 1 atom stereocenters. The van der Waals surface area contributed by atoms with Crippen LogP contribution in [0.25, 0.3) is 5.76 Å². The molecule has 0 spiro atoms. The third-order valence-electron chi connectivity index (χ3n) is 6.83. The molecular weight excluding hydrogens is 474 g/mol. The molecule has 5 nitrogen and oxygen atoms in total. The Labute approximate surface area is 225 Å². The number of ketones is 1. The van der Waals surface area contributed by atoms with E-state index in [0.717, 1.165) is 22.3 Å². The SMILES string of the molecule is Cc1cc(C)cc(N2C(=O)C(=O)/C(=C(/O)c3cc(C(C)(C)C)ccc3C)C2c2cccc(OC(C)C)c2)c1. The Hall–Kier alpha value is -3.86. The molecule has 1 heterocycles. The number of nitrogens with zero attached hydrogens (tertiary/aromatic N) is 1. The summed E-state index contributed by atoms with van der Waals surface area (Å²) in [4.78, 5) is 28.8. The lowest BCUT2D eigenvalue weighted by molar-refractivity contribution is -0.132. The molecule has 5 heteroatoms. The van der Waals surface area contributed by atoms with Crippen molar-refractivity contribution in [2.24, 2.45) is 0 Å². The molecule has 1 unspecified atom stereocenters. The van der Waals surface area contributed by atoms with Gasteiger partial charge in [0, 0.05) is 11.3 Å². The van der Waals surface area contributed by atoms with E-state index in [-0.39, 0.29) is 22.9 Å². The predicted molar refractivity (Wildman–Crippen MR) is 153 cm³/mol. The Morgan fingerprint density at radius 3 is 2.18 bits per heavy atom. The van der Waals surface area contributed by atoms with E-state index < -0.39 is 17.7 Å². The Balaban J connectivity index is 2.00. The first-order valence-corrected chi connectivity index (χ1v) is 13.1. The first kappa shape index (κ1) is 27.2. The molecule has 1 aliphatic rings. The minimum Gasteiger partial charge on any atom is -0.507 e. The monoisotopic (exact) mass is 511 g/mol. The maximum Gasteiger partial charge on any atom is 0.300 e. The van der Waals surface area contributed by atoms with Gasteiger partial charge in [-0.3, -0.25) is 14.5 Å². The molecule has 0 bridgehead atoms. The number of aryl methyl sites for hydroxylation is 3. The molecule has 0 aliphatic carbocycles. The molecule has 1 aliphatic heterocycles. The highest BCUT2D eigenvalue weighted by Gasteiger charge is 2.47. The zero-order valence-electron chi connectivity index (χ0n) is 23.5. The highest BCUT2D eigenvalue weighted by molar-refractivity contribution is 6.51. The normalized spacial score (nSPS) is 17.4. The van der Waals surface area contributed by atoms with Gasteiger partial charge >= 0.3 is 0 Å². The number of Topliss-reactive ketones (excluding diaryl/α,β-unsaturated/α-hetero) is 1. The Kier molecular flexibility index (Phi) is 7.24. The highest BCUT2D eigenvalue weighted by atomic mass is 16.5. The summed E-state index contributed by atoms with van der Waals surface area (Å²) in [6.45, 7) is 16.0. The van der Waals surface area contributed by atoms with Gasteiger partial charge in [0.2, 0.25) is 0 Å². The van der Waals surface area contributed by atoms with Gasteiger partial charge in [-0.1, -0.05) is 51.1 Å². The number of anilines is 1. The molecule has 0 saturated carbocycles. The average molecular weight is 512 g/mol. The van der Waals surface area contributed by atoms with Gasteiger partial charge in [0.1, 0.15) is 11.5 Å². The number of ether oxygens (including phenoxy) is 1. The summed E-state index contributed by atoms with van der Waals surface area (Å²) in [5.74, 6) is -0.905. The zero-order chi connectivity index (χ0) is 27.9. The van der Waals surface area contributed by atoms with Gasteiger partial charge in [0.15, 0.2) is 0 Å². The highest BCUT2D eigenvalue weighted by Crippen LogP contribution is 2.44. The van der Waals surface area contributed by atoms with Crippen molar-refractivity contribution in [1.82, 2.24) is 0 Å². The molecule has 1 N–H and O–H groups in total. The second kappa shape index (κ2) is 10.1. The van der Waals surface area contributed by atoms with Gasteiger partial charge in [0.05, 0.1) is 17.7 Å². The fourth-order valence-corrected chi connectivity index (χ4v) is 5.02. The van der Waals surface area contributed by atoms with E-state index in [1.807, 2.05) is 95.3 Å². The molecule has 198 valence electrons. The smallest absolute Gasteiger partial charge is 0.300 e. The van der Waals surface area contributed by atoms with Crippen LogP contribution in [0.5, 0.6) is 5.75 Å². The van der Waals surface area contributed by atoms with Crippen LogP contribution in [0.3, 0.4) is 0 Å². The summed E-state index contributed by atoms with van der Waals surface area (Å²) < 4.78 is 5.93. The van der Waals surface area contributed by atoms with E-state index in [1.54, 1.807) is 0 Å². The lowest BCUT2D eigenvalue weighted by Gasteiger charge is -2.27. The van der Waals surface area contributed by atoms with Gasteiger partial charge in [-0.2, -0.15) is 0 Å². The quantitative estimate of drug-likeness (QED) is 0.221. The summed E-state index contributed by atoms with van der Waals surface area (Å²) in [6, 6.07) is 18.3. The van der Waals surface area contributed by atoms with E-state index in [1.165, 1.54) is 4.90 Å². The number of aliphatic hydroxyl groups is 1. The zero-order valence-corrected chi connectivity index (χ0v) is 23.5. The van der Waals surface area contributed by atoms with Crippen molar-refractivity contribution in [3.63, 3.8) is 0 Å². The van der Waals surface area contributed by atoms with Gasteiger partial charge < -0.3 is 9.84 Å². The van der Waals surface area contributed by atoms with Crippen LogP contribution in [0.15, 0.2) is 66.2 Å². The van der Waals surface area contributed by atoms with Crippen LogP contribution >= 0.6 is 0 Å². The second-order valence-electron chi connectivity index (χ2n) is 11.5. The molecule has 1 amide bonds. The van der Waals surface area contributed by atoms with Gasteiger partial charge in [-0.15, -0.1) is 0 Å². The molecule has 0 radical (unpaired) electrons. The van der Waals surface area contributed by atoms with Gasteiger partial charge in [-0.05, 0) is 98.2 Å². The van der Waals surface area contributed by atoms with Crippen molar-refractivity contribution >= 4 is 23.1 Å². The minimum atomic E-state index is -0.815. The van der Waals surface area contributed by atoms with E-state index >= 15 is 0 Å². The van der Waals surface area contributed by atoms with Crippen molar-refractivity contribution in [2.75, 3.05) is 4.90 Å². The molecule has 0 aromatic heterocycles. The van der Waals surface area contributed by atoms with Crippen molar-refractivity contribution in [3.05, 3.63) is 99.6 Å². The number of carbonyl (C=O) groups excluding carboxylic acids is 2. The molecule has 1 saturated heterocycles. The van der Waals surface area contributed by atoms with Crippen molar-refractivity contribution in [3.8, 4) is 5.75 Å². The molecule has 3 aromatic carbocycles. The van der Waals surface area contributed by atoms with Crippen molar-refractivity contribution in [1.29, 1.82) is 0 Å². The fraction of sp³-hybridized carbons (Fsp3) is 0.333. The Morgan fingerprint density at radius 2 is 1.58 bits per heavy atom. The number of benzene rings is 3. The van der Waals surface area contributed by atoms with Crippen LogP contribution in [0.4, 0.5) is 5.69 Å². The van der Waals surface area contributed by atoms with Gasteiger partial charge in [-0.25, -0.2) is 0 Å². The Morgan fingerprint density at radius 1 is 0.921 bits per heavy atom. The lowest BCUT2D eigenvalue weighted by Crippen LogP contribution is -2.29.